The van der Waals surface area contributed by atoms with Crippen molar-refractivity contribution < 1.29 is 0 Å². The molecule has 0 amide bonds. The molecule has 0 saturated carbocycles. The lowest BCUT2D eigenvalue weighted by Crippen LogP contribution is -2.26. The van der Waals surface area contributed by atoms with Gasteiger partial charge in [-0.2, -0.15) is 19.6 Å². The van der Waals surface area contributed by atoms with Crippen LogP contribution in [0.15, 0.2) is 12.4 Å². The summed E-state index contributed by atoms with van der Waals surface area (Å²) in [6, 6.07) is 1.87. The summed E-state index contributed by atoms with van der Waals surface area (Å²) >= 11 is 6.05. The molecule has 1 aliphatic rings. The maximum atomic E-state index is 6.05. The highest BCUT2D eigenvalue weighted by molar-refractivity contribution is 6.29. The van der Waals surface area contributed by atoms with Crippen LogP contribution < -0.4 is 4.90 Å². The standard InChI is InChI=1S/C12H16ClN5/c1-9-3-2-5-17(6-4-9)11-7-10(13)16-12-14-8-15-18(11)12/h7-9H,2-6H2,1H3. The van der Waals surface area contributed by atoms with E-state index in [9.17, 15) is 0 Å². The van der Waals surface area contributed by atoms with E-state index in [1.807, 2.05) is 6.07 Å². The third-order valence-electron chi connectivity index (χ3n) is 3.54. The first-order valence-corrected chi connectivity index (χ1v) is 6.73. The average Bonchev–Trinajstić information content (AvgIpc) is 2.70. The molecule has 3 heterocycles. The molecule has 0 aliphatic carbocycles. The van der Waals surface area contributed by atoms with Crippen LogP contribution >= 0.6 is 11.6 Å². The summed E-state index contributed by atoms with van der Waals surface area (Å²) < 4.78 is 1.77. The van der Waals surface area contributed by atoms with Gasteiger partial charge in [-0.3, -0.25) is 0 Å². The highest BCUT2D eigenvalue weighted by Crippen LogP contribution is 2.24. The largest absolute Gasteiger partial charge is 0.356 e. The fourth-order valence-corrected chi connectivity index (χ4v) is 2.66. The van der Waals surface area contributed by atoms with E-state index in [0.29, 0.717) is 10.9 Å². The molecule has 0 spiro atoms. The lowest BCUT2D eigenvalue weighted by molar-refractivity contribution is 0.521. The van der Waals surface area contributed by atoms with Crippen LogP contribution in [0.3, 0.4) is 0 Å². The molecular weight excluding hydrogens is 250 g/mol. The molecule has 0 aromatic carbocycles. The Bertz CT molecular complexity index is 552. The van der Waals surface area contributed by atoms with Crippen molar-refractivity contribution in [2.24, 2.45) is 5.92 Å². The topological polar surface area (TPSA) is 46.3 Å². The summed E-state index contributed by atoms with van der Waals surface area (Å²) in [5.74, 6) is 2.35. The molecule has 3 rings (SSSR count). The van der Waals surface area contributed by atoms with Crippen LogP contribution in [0, 0.1) is 5.92 Å². The second-order valence-electron chi connectivity index (χ2n) is 4.93. The zero-order valence-electron chi connectivity index (χ0n) is 10.4. The first-order chi connectivity index (χ1) is 8.74. The summed E-state index contributed by atoms with van der Waals surface area (Å²) in [6.45, 7) is 4.39. The molecule has 6 heteroatoms. The van der Waals surface area contributed by atoms with Crippen molar-refractivity contribution in [3.63, 3.8) is 0 Å². The van der Waals surface area contributed by atoms with Gasteiger partial charge in [-0.05, 0) is 25.2 Å². The molecule has 18 heavy (non-hydrogen) atoms. The first kappa shape index (κ1) is 11.7. The van der Waals surface area contributed by atoms with Crippen molar-refractivity contribution in [2.75, 3.05) is 18.0 Å². The van der Waals surface area contributed by atoms with E-state index in [1.54, 1.807) is 4.52 Å². The fourth-order valence-electron chi connectivity index (χ4n) is 2.49. The molecule has 2 aromatic rings. The summed E-state index contributed by atoms with van der Waals surface area (Å²) in [5, 5.41) is 4.70. The molecule has 1 aliphatic heterocycles. The Morgan fingerprint density at radius 1 is 1.33 bits per heavy atom. The van der Waals surface area contributed by atoms with E-state index in [-0.39, 0.29) is 0 Å². The Hall–Kier alpha value is -1.36. The van der Waals surface area contributed by atoms with Crippen molar-refractivity contribution in [2.45, 2.75) is 26.2 Å². The summed E-state index contributed by atoms with van der Waals surface area (Å²) in [7, 11) is 0. The molecule has 5 nitrogen and oxygen atoms in total. The number of halogens is 1. The Morgan fingerprint density at radius 3 is 3.11 bits per heavy atom. The summed E-state index contributed by atoms with van der Waals surface area (Å²) in [6.07, 6.45) is 5.21. The molecule has 0 radical (unpaired) electrons. The maximum Gasteiger partial charge on any atom is 0.255 e. The average molecular weight is 266 g/mol. The van der Waals surface area contributed by atoms with Gasteiger partial charge in [0.05, 0.1) is 0 Å². The maximum absolute atomic E-state index is 6.05. The Balaban J connectivity index is 1.99. The van der Waals surface area contributed by atoms with Crippen molar-refractivity contribution in [3.8, 4) is 0 Å². The molecule has 1 fully saturated rings. The minimum Gasteiger partial charge on any atom is -0.356 e. The van der Waals surface area contributed by atoms with Crippen LogP contribution in [0.4, 0.5) is 5.82 Å². The van der Waals surface area contributed by atoms with E-state index in [2.05, 4.69) is 26.9 Å². The van der Waals surface area contributed by atoms with Gasteiger partial charge in [-0.1, -0.05) is 18.5 Å². The van der Waals surface area contributed by atoms with Gasteiger partial charge in [0.1, 0.15) is 17.3 Å². The molecular formula is C12H16ClN5. The molecule has 2 aromatic heterocycles. The van der Waals surface area contributed by atoms with Gasteiger partial charge < -0.3 is 4.90 Å². The predicted octanol–water partition coefficient (Wildman–Crippen LogP) is 2.40. The minimum absolute atomic E-state index is 0.475. The van der Waals surface area contributed by atoms with Gasteiger partial charge >= 0.3 is 0 Å². The van der Waals surface area contributed by atoms with Crippen LogP contribution in [-0.2, 0) is 0 Å². The molecule has 1 unspecified atom stereocenters. The Morgan fingerprint density at radius 2 is 2.22 bits per heavy atom. The third-order valence-corrected chi connectivity index (χ3v) is 3.74. The molecule has 0 bridgehead atoms. The van der Waals surface area contributed by atoms with E-state index in [1.165, 1.54) is 25.6 Å². The van der Waals surface area contributed by atoms with Crippen LogP contribution in [-0.4, -0.2) is 32.7 Å². The predicted molar refractivity (Wildman–Crippen MR) is 71.0 cm³/mol. The highest BCUT2D eigenvalue weighted by atomic mass is 35.5. The van der Waals surface area contributed by atoms with Crippen LogP contribution in [0.25, 0.3) is 5.78 Å². The van der Waals surface area contributed by atoms with E-state index < -0.39 is 0 Å². The smallest absolute Gasteiger partial charge is 0.255 e. The van der Waals surface area contributed by atoms with Gasteiger partial charge in [0.25, 0.3) is 5.78 Å². The lowest BCUT2D eigenvalue weighted by Gasteiger charge is -2.22. The van der Waals surface area contributed by atoms with Crippen molar-refractivity contribution in [1.29, 1.82) is 0 Å². The lowest BCUT2D eigenvalue weighted by atomic mass is 10.0. The normalized spacial score (nSPS) is 21.2. The number of anilines is 1. The highest BCUT2D eigenvalue weighted by Gasteiger charge is 2.18. The quantitative estimate of drug-likeness (QED) is 0.743. The Labute approximate surface area is 111 Å². The number of nitrogens with zero attached hydrogens (tertiary/aromatic N) is 5. The number of rotatable bonds is 1. The number of hydrogen-bond acceptors (Lipinski definition) is 4. The monoisotopic (exact) mass is 265 g/mol. The third kappa shape index (κ3) is 2.14. The zero-order chi connectivity index (χ0) is 12.5. The summed E-state index contributed by atoms with van der Waals surface area (Å²) in [4.78, 5) is 10.6. The van der Waals surface area contributed by atoms with Gasteiger partial charge in [0.2, 0.25) is 0 Å². The second kappa shape index (κ2) is 4.72. The zero-order valence-corrected chi connectivity index (χ0v) is 11.1. The second-order valence-corrected chi connectivity index (χ2v) is 5.32. The molecule has 96 valence electrons. The SMILES string of the molecule is CC1CCCN(c2cc(Cl)nc3ncnn23)CC1. The number of aromatic nitrogens is 4. The van der Waals surface area contributed by atoms with E-state index >= 15 is 0 Å². The van der Waals surface area contributed by atoms with Crippen LogP contribution in [0.5, 0.6) is 0 Å². The van der Waals surface area contributed by atoms with E-state index in [4.69, 9.17) is 11.6 Å². The van der Waals surface area contributed by atoms with Crippen molar-refractivity contribution in [1.82, 2.24) is 19.6 Å². The van der Waals surface area contributed by atoms with Crippen LogP contribution in [0.1, 0.15) is 26.2 Å². The molecule has 0 N–H and O–H groups in total. The van der Waals surface area contributed by atoms with Crippen molar-refractivity contribution in [3.05, 3.63) is 17.5 Å². The van der Waals surface area contributed by atoms with Crippen molar-refractivity contribution >= 4 is 23.2 Å². The Kier molecular flexibility index (Phi) is 3.07. The van der Waals surface area contributed by atoms with Gasteiger partial charge in [0.15, 0.2) is 0 Å². The summed E-state index contributed by atoms with van der Waals surface area (Å²) in [5.41, 5.74) is 0. The van der Waals surface area contributed by atoms with Gasteiger partial charge in [-0.15, -0.1) is 0 Å². The number of fused-ring (bicyclic) bond motifs is 1. The van der Waals surface area contributed by atoms with Gasteiger partial charge in [-0.25, -0.2) is 0 Å². The van der Waals surface area contributed by atoms with Crippen LogP contribution in [0.2, 0.25) is 5.15 Å². The fraction of sp³-hybridized carbons (Fsp3) is 0.583. The number of hydrogen-bond donors (Lipinski definition) is 0. The van der Waals surface area contributed by atoms with E-state index in [0.717, 1.165) is 24.8 Å². The van der Waals surface area contributed by atoms with Gasteiger partial charge in [0, 0.05) is 19.2 Å². The minimum atomic E-state index is 0.475. The first-order valence-electron chi connectivity index (χ1n) is 6.35. The molecule has 1 saturated heterocycles. The molecule has 1 atom stereocenters.